The highest BCUT2D eigenvalue weighted by atomic mass is 19.4. The van der Waals surface area contributed by atoms with Crippen LogP contribution in [0.4, 0.5) is 17.6 Å². The van der Waals surface area contributed by atoms with Gasteiger partial charge in [0.05, 0.1) is 12.6 Å². The monoisotopic (exact) mass is 543 g/mol. The summed E-state index contributed by atoms with van der Waals surface area (Å²) in [6, 6.07) is 9.48. The predicted octanol–water partition coefficient (Wildman–Crippen LogP) is 5.39. The number of amides is 1. The molecule has 2 aliphatic rings. The molecule has 39 heavy (non-hydrogen) atoms. The Balaban J connectivity index is 1.50. The summed E-state index contributed by atoms with van der Waals surface area (Å²) in [6.07, 6.45) is -1.49. The van der Waals surface area contributed by atoms with Gasteiger partial charge in [0.25, 0.3) is 11.9 Å². The first kappa shape index (κ1) is 26.7. The van der Waals surface area contributed by atoms with Crippen LogP contribution in [0, 0.1) is 18.7 Å². The number of carbonyl (C=O) groups is 1. The molecule has 206 valence electrons. The SMILES string of the molecule is CCn1cc(-c2cc(CNC3=NCCO3)cc(C(=O)NC(c3ccc(F)c(C)c3)C3CC3)c2)c(C(F)(F)F)n1. The number of carbonyl (C=O) groups excluding carboxylic acids is 1. The number of ether oxygens (including phenoxy) is 1. The number of aromatic nitrogens is 2. The van der Waals surface area contributed by atoms with Crippen molar-refractivity contribution in [1.82, 2.24) is 20.4 Å². The van der Waals surface area contributed by atoms with Crippen molar-refractivity contribution in [1.29, 1.82) is 0 Å². The maximum atomic E-state index is 13.9. The Hall–Kier alpha value is -3.89. The summed E-state index contributed by atoms with van der Waals surface area (Å²) in [7, 11) is 0. The molecule has 3 aromatic rings. The molecule has 0 saturated heterocycles. The number of nitrogens with zero attached hydrogens (tertiary/aromatic N) is 3. The van der Waals surface area contributed by atoms with E-state index in [1.807, 2.05) is 0 Å². The van der Waals surface area contributed by atoms with Gasteiger partial charge in [0.2, 0.25) is 0 Å². The predicted molar refractivity (Wildman–Crippen MR) is 138 cm³/mol. The molecule has 0 radical (unpaired) electrons. The van der Waals surface area contributed by atoms with Gasteiger partial charge in [-0.15, -0.1) is 0 Å². The number of nitrogens with one attached hydrogen (secondary N) is 2. The Morgan fingerprint density at radius 3 is 2.64 bits per heavy atom. The zero-order valence-electron chi connectivity index (χ0n) is 21.6. The van der Waals surface area contributed by atoms with Gasteiger partial charge in [-0.05, 0) is 79.1 Å². The molecule has 1 aliphatic heterocycles. The van der Waals surface area contributed by atoms with E-state index in [0.717, 1.165) is 18.4 Å². The van der Waals surface area contributed by atoms with Crippen LogP contribution in [0.1, 0.15) is 58.5 Å². The van der Waals surface area contributed by atoms with Gasteiger partial charge in [0.15, 0.2) is 5.69 Å². The van der Waals surface area contributed by atoms with Crippen LogP contribution >= 0.6 is 0 Å². The molecule has 2 heterocycles. The molecular weight excluding hydrogens is 514 g/mol. The molecule has 2 N–H and O–H groups in total. The highest BCUT2D eigenvalue weighted by Gasteiger charge is 2.38. The number of benzene rings is 2. The third kappa shape index (κ3) is 6.07. The molecule has 2 aromatic carbocycles. The summed E-state index contributed by atoms with van der Waals surface area (Å²) in [5, 5.41) is 9.81. The maximum absolute atomic E-state index is 13.9. The summed E-state index contributed by atoms with van der Waals surface area (Å²) in [5.74, 6) is -0.545. The van der Waals surface area contributed by atoms with Crippen LogP contribution in [-0.2, 0) is 24.0 Å². The van der Waals surface area contributed by atoms with Gasteiger partial charge in [0.1, 0.15) is 12.4 Å². The third-order valence-corrected chi connectivity index (χ3v) is 6.87. The molecular formula is C28H29F4N5O2. The minimum atomic E-state index is -4.67. The van der Waals surface area contributed by atoms with Gasteiger partial charge >= 0.3 is 6.18 Å². The second-order valence-electron chi connectivity index (χ2n) is 9.85. The second kappa shape index (κ2) is 10.7. The molecule has 0 bridgehead atoms. The number of hydrogen-bond donors (Lipinski definition) is 2. The molecule has 0 spiro atoms. The number of halogens is 4. The Morgan fingerprint density at radius 1 is 1.21 bits per heavy atom. The molecule has 11 heteroatoms. The standard InChI is InChI=1S/C28H29F4N5O2/c1-3-37-15-22(25(36-37)28(30,31)32)20-11-17(14-34-27-33-8-9-39-27)12-21(13-20)26(38)35-24(18-4-5-18)19-6-7-23(29)16(2)10-19/h6-7,10-13,15,18,24H,3-5,8-9,14H2,1-2H3,(H,33,34)(H,35,38). The minimum Gasteiger partial charge on any atom is -0.463 e. The Labute approximate surface area is 223 Å². The fraction of sp³-hybridized carbons (Fsp3) is 0.393. The van der Waals surface area contributed by atoms with Crippen LogP contribution in [0.2, 0.25) is 0 Å². The van der Waals surface area contributed by atoms with Crippen molar-refractivity contribution in [2.45, 2.75) is 52.0 Å². The highest BCUT2D eigenvalue weighted by Crippen LogP contribution is 2.42. The highest BCUT2D eigenvalue weighted by molar-refractivity contribution is 5.96. The first-order chi connectivity index (χ1) is 18.6. The van der Waals surface area contributed by atoms with E-state index in [-0.39, 0.29) is 47.6 Å². The summed E-state index contributed by atoms with van der Waals surface area (Å²) in [6.45, 7) is 4.79. The van der Waals surface area contributed by atoms with E-state index in [9.17, 15) is 22.4 Å². The van der Waals surface area contributed by atoms with Crippen molar-refractivity contribution in [2.75, 3.05) is 13.2 Å². The smallest absolute Gasteiger partial charge is 0.435 e. The van der Waals surface area contributed by atoms with E-state index in [4.69, 9.17) is 4.74 Å². The Morgan fingerprint density at radius 2 is 2.00 bits per heavy atom. The van der Waals surface area contributed by atoms with Crippen molar-refractivity contribution >= 4 is 11.9 Å². The van der Waals surface area contributed by atoms with E-state index in [0.29, 0.717) is 30.3 Å². The number of amidine groups is 1. The second-order valence-corrected chi connectivity index (χ2v) is 9.85. The minimum absolute atomic E-state index is 0.109. The molecule has 1 aromatic heterocycles. The van der Waals surface area contributed by atoms with E-state index in [2.05, 4.69) is 20.7 Å². The van der Waals surface area contributed by atoms with Crippen molar-refractivity contribution < 1.29 is 27.1 Å². The van der Waals surface area contributed by atoms with Gasteiger partial charge in [-0.25, -0.2) is 9.38 Å². The van der Waals surface area contributed by atoms with Crippen LogP contribution < -0.4 is 10.6 Å². The lowest BCUT2D eigenvalue weighted by Gasteiger charge is -2.20. The van der Waals surface area contributed by atoms with Crippen LogP contribution in [0.5, 0.6) is 0 Å². The Kier molecular flexibility index (Phi) is 7.33. The first-order valence-electron chi connectivity index (χ1n) is 12.9. The van der Waals surface area contributed by atoms with Gasteiger partial charge in [-0.1, -0.05) is 12.1 Å². The van der Waals surface area contributed by atoms with Crippen molar-refractivity contribution in [3.63, 3.8) is 0 Å². The zero-order chi connectivity index (χ0) is 27.7. The van der Waals surface area contributed by atoms with Crippen LogP contribution in [-0.4, -0.2) is 34.9 Å². The molecule has 5 rings (SSSR count). The van der Waals surface area contributed by atoms with Gasteiger partial charge in [0, 0.05) is 30.4 Å². The maximum Gasteiger partial charge on any atom is 0.435 e. The fourth-order valence-electron chi connectivity index (χ4n) is 4.69. The summed E-state index contributed by atoms with van der Waals surface area (Å²) < 4.78 is 62.1. The lowest BCUT2D eigenvalue weighted by Crippen LogP contribution is -2.30. The molecule has 1 saturated carbocycles. The molecule has 1 atom stereocenters. The Bertz CT molecular complexity index is 1410. The normalized spacial score (nSPS) is 16.0. The molecule has 7 nitrogen and oxygen atoms in total. The topological polar surface area (TPSA) is 80.5 Å². The molecule has 1 unspecified atom stereocenters. The van der Waals surface area contributed by atoms with Crippen LogP contribution in [0.25, 0.3) is 11.1 Å². The number of alkyl halides is 3. The lowest BCUT2D eigenvalue weighted by atomic mass is 9.97. The molecule has 1 aliphatic carbocycles. The average Bonchev–Trinajstić information content (AvgIpc) is 3.41. The van der Waals surface area contributed by atoms with Gasteiger partial charge < -0.3 is 15.4 Å². The van der Waals surface area contributed by atoms with E-state index < -0.39 is 17.8 Å². The number of aliphatic imine (C=N–C) groups is 1. The van der Waals surface area contributed by atoms with E-state index in [1.165, 1.54) is 23.0 Å². The lowest BCUT2D eigenvalue weighted by molar-refractivity contribution is -0.141. The zero-order valence-corrected chi connectivity index (χ0v) is 21.6. The van der Waals surface area contributed by atoms with Gasteiger partial charge in [-0.3, -0.25) is 9.48 Å². The van der Waals surface area contributed by atoms with Crippen LogP contribution in [0.3, 0.4) is 0 Å². The largest absolute Gasteiger partial charge is 0.463 e. The first-order valence-corrected chi connectivity index (χ1v) is 12.9. The number of aryl methyl sites for hydroxylation is 2. The number of rotatable bonds is 8. The van der Waals surface area contributed by atoms with E-state index >= 15 is 0 Å². The quantitative estimate of drug-likeness (QED) is 0.373. The van der Waals surface area contributed by atoms with Gasteiger partial charge in [-0.2, -0.15) is 18.3 Å². The van der Waals surface area contributed by atoms with Crippen molar-refractivity contribution in [3.8, 4) is 11.1 Å². The molecule has 1 fully saturated rings. The van der Waals surface area contributed by atoms with Crippen molar-refractivity contribution in [2.24, 2.45) is 10.9 Å². The average molecular weight is 544 g/mol. The summed E-state index contributed by atoms with van der Waals surface area (Å²) in [5.41, 5.74) is 1.16. The summed E-state index contributed by atoms with van der Waals surface area (Å²) in [4.78, 5) is 17.7. The fourth-order valence-corrected chi connectivity index (χ4v) is 4.69. The van der Waals surface area contributed by atoms with Crippen LogP contribution in [0.15, 0.2) is 47.6 Å². The summed E-state index contributed by atoms with van der Waals surface area (Å²) >= 11 is 0. The van der Waals surface area contributed by atoms with E-state index in [1.54, 1.807) is 38.1 Å². The van der Waals surface area contributed by atoms with Crippen molar-refractivity contribution in [3.05, 3.63) is 76.4 Å². The molecule has 1 amide bonds. The number of hydrogen-bond acceptors (Lipinski definition) is 5. The third-order valence-electron chi connectivity index (χ3n) is 6.87.